The number of anilines is 1. The molecule has 0 aliphatic carbocycles. The lowest BCUT2D eigenvalue weighted by Crippen LogP contribution is -2.31. The minimum atomic E-state index is -1.18. The number of aliphatic hydroxyl groups excluding tert-OH is 1. The molecule has 1 aliphatic rings. The number of thioether (sulfide) groups is 1. The van der Waals surface area contributed by atoms with E-state index in [4.69, 9.17) is 28.3 Å². The quantitative estimate of drug-likeness (QED) is 0.720. The van der Waals surface area contributed by atoms with Gasteiger partial charge in [-0.1, -0.05) is 29.3 Å². The first kappa shape index (κ1) is 19.8. The zero-order valence-corrected chi connectivity index (χ0v) is 15.8. The van der Waals surface area contributed by atoms with Gasteiger partial charge in [0, 0.05) is 22.4 Å². The fourth-order valence-electron chi connectivity index (χ4n) is 2.58. The maximum Gasteiger partial charge on any atom is 0.272 e. The highest BCUT2D eigenvalue weighted by Crippen LogP contribution is 2.41. The highest BCUT2D eigenvalue weighted by molar-refractivity contribution is 8.04. The Kier molecular flexibility index (Phi) is 5.86. The summed E-state index contributed by atoms with van der Waals surface area (Å²) in [5.41, 5.74) is 0.195. The number of benzene rings is 2. The molecule has 2 aromatic carbocycles. The zero-order valence-electron chi connectivity index (χ0n) is 13.5. The number of rotatable bonds is 5. The minimum absolute atomic E-state index is 0.0184. The van der Waals surface area contributed by atoms with Crippen LogP contribution in [0.15, 0.2) is 41.3 Å². The van der Waals surface area contributed by atoms with Crippen LogP contribution in [0.2, 0.25) is 10.0 Å². The number of aliphatic hydroxyl groups is 1. The summed E-state index contributed by atoms with van der Waals surface area (Å²) in [6, 6.07) is 7.18. The van der Waals surface area contributed by atoms with Crippen molar-refractivity contribution in [3.8, 4) is 0 Å². The predicted octanol–water partition coefficient (Wildman–Crippen LogP) is 4.28. The monoisotopic (exact) mass is 429 g/mol. The largest absolute Gasteiger partial charge is 0.396 e. The molecule has 0 saturated carbocycles. The number of carbonyl (C=O) groups is 2. The topological polar surface area (TPSA) is 57.6 Å². The van der Waals surface area contributed by atoms with E-state index in [1.54, 1.807) is 0 Å². The fraction of sp³-hybridized carbons (Fsp3) is 0.111. The molecule has 0 aromatic heterocycles. The predicted molar refractivity (Wildman–Crippen MR) is 102 cm³/mol. The number of imide groups is 1. The normalized spacial score (nSPS) is 14.5. The second kappa shape index (κ2) is 7.98. The first-order chi connectivity index (χ1) is 12.8. The maximum atomic E-state index is 13.6. The van der Waals surface area contributed by atoms with Crippen LogP contribution in [0.25, 0.3) is 5.57 Å². The third-order valence-corrected chi connectivity index (χ3v) is 5.34. The number of carbonyl (C=O) groups excluding carboxylic acids is 2. The molecule has 0 saturated heterocycles. The molecule has 1 heterocycles. The molecule has 0 atom stereocenters. The molecule has 3 rings (SSSR count). The van der Waals surface area contributed by atoms with Crippen LogP contribution in [0.1, 0.15) is 5.56 Å². The molecule has 0 spiro atoms. The van der Waals surface area contributed by atoms with Crippen LogP contribution in [0.5, 0.6) is 0 Å². The molecule has 4 nitrogen and oxygen atoms in total. The van der Waals surface area contributed by atoms with E-state index in [-0.39, 0.29) is 39.1 Å². The van der Waals surface area contributed by atoms with E-state index in [0.717, 1.165) is 34.9 Å². The molecular weight excluding hydrogens is 419 g/mol. The molecule has 0 fully saturated rings. The summed E-state index contributed by atoms with van der Waals surface area (Å²) >= 11 is 13.1. The van der Waals surface area contributed by atoms with Crippen molar-refractivity contribution in [3.05, 3.63) is 68.5 Å². The van der Waals surface area contributed by atoms with Crippen LogP contribution in [0.4, 0.5) is 14.5 Å². The molecular formula is C18H11Cl2F2NO3S. The first-order valence-electron chi connectivity index (χ1n) is 7.62. The van der Waals surface area contributed by atoms with E-state index in [9.17, 15) is 18.4 Å². The van der Waals surface area contributed by atoms with Crippen LogP contribution < -0.4 is 4.90 Å². The molecule has 0 radical (unpaired) electrons. The first-order valence-corrected chi connectivity index (χ1v) is 9.36. The summed E-state index contributed by atoms with van der Waals surface area (Å²) in [6.45, 7) is -0.220. The smallest absolute Gasteiger partial charge is 0.272 e. The van der Waals surface area contributed by atoms with Crippen molar-refractivity contribution in [3.63, 3.8) is 0 Å². The standard InChI is InChI=1S/C18H11Cl2F2NO3S/c19-9-1-3-11(12(20)7-9)15-16(27-6-5-24)18(26)23(17(15)25)10-2-4-13(21)14(22)8-10/h1-4,7-8,24H,5-6H2. The van der Waals surface area contributed by atoms with Crippen molar-refractivity contribution in [2.75, 3.05) is 17.3 Å². The van der Waals surface area contributed by atoms with Crippen molar-refractivity contribution in [1.82, 2.24) is 0 Å². The van der Waals surface area contributed by atoms with Gasteiger partial charge in [-0.2, -0.15) is 0 Å². The lowest BCUT2D eigenvalue weighted by molar-refractivity contribution is -0.119. The Bertz CT molecular complexity index is 981. The third-order valence-electron chi connectivity index (χ3n) is 3.74. The molecule has 140 valence electrons. The molecule has 27 heavy (non-hydrogen) atoms. The summed E-state index contributed by atoms with van der Waals surface area (Å²) in [7, 11) is 0. The van der Waals surface area contributed by atoms with E-state index >= 15 is 0 Å². The lowest BCUT2D eigenvalue weighted by Gasteiger charge is -2.15. The van der Waals surface area contributed by atoms with Crippen LogP contribution in [0.3, 0.4) is 0 Å². The zero-order chi connectivity index (χ0) is 19.7. The van der Waals surface area contributed by atoms with Crippen molar-refractivity contribution in [1.29, 1.82) is 0 Å². The molecule has 0 bridgehead atoms. The van der Waals surface area contributed by atoms with Crippen molar-refractivity contribution < 1.29 is 23.5 Å². The molecule has 2 aromatic rings. The van der Waals surface area contributed by atoms with Gasteiger partial charge in [0.25, 0.3) is 11.8 Å². The van der Waals surface area contributed by atoms with Gasteiger partial charge in [0.05, 0.1) is 27.8 Å². The van der Waals surface area contributed by atoms with Gasteiger partial charge >= 0.3 is 0 Å². The molecule has 0 unspecified atom stereocenters. The number of nitrogens with zero attached hydrogens (tertiary/aromatic N) is 1. The maximum absolute atomic E-state index is 13.6. The van der Waals surface area contributed by atoms with Gasteiger partial charge in [-0.25, -0.2) is 13.7 Å². The van der Waals surface area contributed by atoms with Crippen LogP contribution in [0, 0.1) is 11.6 Å². The SMILES string of the molecule is O=C1C(SCCO)=C(c2ccc(Cl)cc2Cl)C(=O)N1c1ccc(F)c(F)c1. The molecule has 1 aliphatic heterocycles. The fourth-order valence-corrected chi connectivity index (χ4v) is 3.93. The van der Waals surface area contributed by atoms with Crippen molar-refractivity contribution in [2.45, 2.75) is 0 Å². The van der Waals surface area contributed by atoms with Gasteiger partial charge in [-0.05, 0) is 24.3 Å². The summed E-state index contributed by atoms with van der Waals surface area (Å²) in [5.74, 6) is -3.55. The van der Waals surface area contributed by atoms with Gasteiger partial charge in [0.15, 0.2) is 11.6 Å². The Morgan fingerprint density at radius 2 is 1.74 bits per heavy atom. The van der Waals surface area contributed by atoms with Crippen LogP contribution in [-0.4, -0.2) is 29.3 Å². The van der Waals surface area contributed by atoms with E-state index in [1.165, 1.54) is 18.2 Å². The Balaban J connectivity index is 2.12. The molecule has 1 N–H and O–H groups in total. The van der Waals surface area contributed by atoms with Crippen LogP contribution in [-0.2, 0) is 9.59 Å². The highest BCUT2D eigenvalue weighted by Gasteiger charge is 2.41. The number of hydrogen-bond acceptors (Lipinski definition) is 4. The second-order valence-corrected chi connectivity index (χ2v) is 7.39. The third kappa shape index (κ3) is 3.73. The van der Waals surface area contributed by atoms with Gasteiger partial charge < -0.3 is 5.11 Å². The average molecular weight is 430 g/mol. The highest BCUT2D eigenvalue weighted by atomic mass is 35.5. The van der Waals surface area contributed by atoms with Gasteiger partial charge in [-0.15, -0.1) is 11.8 Å². The van der Waals surface area contributed by atoms with Crippen molar-refractivity contribution >= 4 is 58.0 Å². The average Bonchev–Trinajstić information content (AvgIpc) is 2.86. The van der Waals surface area contributed by atoms with E-state index < -0.39 is 23.4 Å². The van der Waals surface area contributed by atoms with E-state index in [2.05, 4.69) is 0 Å². The minimum Gasteiger partial charge on any atom is -0.396 e. The van der Waals surface area contributed by atoms with E-state index in [0.29, 0.717) is 5.02 Å². The Labute approximate surface area is 167 Å². The lowest BCUT2D eigenvalue weighted by atomic mass is 10.1. The number of halogens is 4. The molecule has 9 heteroatoms. The summed E-state index contributed by atoms with van der Waals surface area (Å²) in [5, 5.41) is 9.60. The Hall–Kier alpha value is -1.93. The summed E-state index contributed by atoms with van der Waals surface area (Å²) in [6.07, 6.45) is 0. The Morgan fingerprint density at radius 3 is 2.37 bits per heavy atom. The second-order valence-electron chi connectivity index (χ2n) is 5.44. The van der Waals surface area contributed by atoms with Crippen LogP contribution >= 0.6 is 35.0 Å². The van der Waals surface area contributed by atoms with Gasteiger partial charge in [-0.3, -0.25) is 9.59 Å². The summed E-state index contributed by atoms with van der Waals surface area (Å²) in [4.78, 5) is 26.6. The summed E-state index contributed by atoms with van der Waals surface area (Å²) < 4.78 is 26.8. The van der Waals surface area contributed by atoms with E-state index in [1.807, 2.05) is 0 Å². The number of amides is 2. The molecule has 2 amide bonds. The van der Waals surface area contributed by atoms with Gasteiger partial charge in [0.2, 0.25) is 0 Å². The van der Waals surface area contributed by atoms with Crippen molar-refractivity contribution in [2.24, 2.45) is 0 Å². The van der Waals surface area contributed by atoms with Gasteiger partial charge in [0.1, 0.15) is 0 Å². The Morgan fingerprint density at radius 1 is 1.00 bits per heavy atom. The number of hydrogen-bond donors (Lipinski definition) is 1.